The quantitative estimate of drug-likeness (QED) is 0.165. The van der Waals surface area contributed by atoms with E-state index in [4.69, 9.17) is 22.6 Å². The predicted octanol–water partition coefficient (Wildman–Crippen LogP) is -0.707. The molecule has 1 atom stereocenters. The topological polar surface area (TPSA) is 178 Å². The number of nitrogens with zero attached hydrogens (tertiary/aromatic N) is 1. The Bertz CT molecular complexity index is 845. The molecule has 1 aromatic carbocycles. The van der Waals surface area contributed by atoms with Crippen molar-refractivity contribution < 1.29 is 23.9 Å². The van der Waals surface area contributed by atoms with Crippen LogP contribution in [0, 0.1) is 12.3 Å². The van der Waals surface area contributed by atoms with Crippen molar-refractivity contribution in [3.8, 4) is 12.3 Å². The monoisotopic (exact) mass is 402 g/mol. The molecule has 1 rings (SSSR count). The molecular formula is C18H22N6O5. The first-order valence-electron chi connectivity index (χ1n) is 8.45. The highest BCUT2D eigenvalue weighted by molar-refractivity contribution is 6.01. The average molecular weight is 402 g/mol. The number of rotatable bonds is 8. The minimum absolute atomic E-state index is 0.175. The summed E-state index contributed by atoms with van der Waals surface area (Å²) >= 11 is 0. The van der Waals surface area contributed by atoms with Gasteiger partial charge in [0.2, 0.25) is 11.9 Å². The van der Waals surface area contributed by atoms with E-state index in [0.29, 0.717) is 5.69 Å². The van der Waals surface area contributed by atoms with Crippen LogP contribution in [0.25, 0.3) is 0 Å². The fourth-order valence-corrected chi connectivity index (χ4v) is 2.08. The Hall–Kier alpha value is -4.07. The molecular weight excluding hydrogens is 380 g/mol. The second kappa shape index (κ2) is 11.6. The van der Waals surface area contributed by atoms with E-state index in [1.54, 1.807) is 19.1 Å². The zero-order chi connectivity index (χ0) is 21.8. The van der Waals surface area contributed by atoms with Crippen LogP contribution in [-0.2, 0) is 14.3 Å². The van der Waals surface area contributed by atoms with Gasteiger partial charge in [0.05, 0.1) is 19.6 Å². The van der Waals surface area contributed by atoms with Crippen LogP contribution in [0.4, 0.5) is 10.5 Å². The zero-order valence-corrected chi connectivity index (χ0v) is 15.7. The Morgan fingerprint density at radius 2 is 2.00 bits per heavy atom. The summed E-state index contributed by atoms with van der Waals surface area (Å²) in [6, 6.07) is 4.26. The van der Waals surface area contributed by atoms with Crippen molar-refractivity contribution in [3.63, 3.8) is 0 Å². The number of hydrogen-bond acceptors (Lipinski definition) is 5. The number of esters is 1. The van der Waals surface area contributed by atoms with Crippen LogP contribution in [0.5, 0.6) is 0 Å². The number of carbonyl (C=O) groups excluding carboxylic acids is 4. The highest BCUT2D eigenvalue weighted by Gasteiger charge is 2.16. The molecule has 0 heterocycles. The van der Waals surface area contributed by atoms with E-state index in [9.17, 15) is 19.2 Å². The van der Waals surface area contributed by atoms with Gasteiger partial charge in [-0.15, -0.1) is 6.42 Å². The summed E-state index contributed by atoms with van der Waals surface area (Å²) in [5.74, 6) is 0.377. The molecule has 1 aromatic rings. The number of nitrogens with one attached hydrogen (secondary N) is 3. The van der Waals surface area contributed by atoms with Gasteiger partial charge in [0.1, 0.15) is 6.04 Å². The standard InChI is InChI=1S/C18H22N6O5/c1-3-12(9-15(26)29-4-2)22-14(25)10-21-16(27)11-6-5-7-13(8-11)23-17(19)24-18(20)28/h1,5-8,12H,4,9-10H2,2H3,(H,21,27)(H,22,25)(H5,19,20,23,24,28)/t12-/m1/s1. The maximum absolute atomic E-state index is 12.2. The first kappa shape index (κ1) is 23.0. The number of hydrogen-bond donors (Lipinski definition) is 5. The molecule has 0 spiro atoms. The Labute approximate surface area is 167 Å². The number of terminal acetylenes is 1. The maximum atomic E-state index is 12.2. The van der Waals surface area contributed by atoms with Crippen LogP contribution >= 0.6 is 0 Å². The summed E-state index contributed by atoms with van der Waals surface area (Å²) in [6.07, 6.45) is 5.11. The predicted molar refractivity (Wildman–Crippen MR) is 106 cm³/mol. The first-order chi connectivity index (χ1) is 13.7. The molecule has 0 saturated heterocycles. The fraction of sp³-hybridized carbons (Fsp3) is 0.278. The molecule has 0 radical (unpaired) electrons. The fourth-order valence-electron chi connectivity index (χ4n) is 2.08. The zero-order valence-electron chi connectivity index (χ0n) is 15.7. The van der Waals surface area contributed by atoms with Crippen molar-refractivity contribution in [1.29, 1.82) is 0 Å². The van der Waals surface area contributed by atoms with E-state index >= 15 is 0 Å². The van der Waals surface area contributed by atoms with E-state index < -0.39 is 29.9 Å². The van der Waals surface area contributed by atoms with Crippen LogP contribution in [0.2, 0.25) is 0 Å². The summed E-state index contributed by atoms with van der Waals surface area (Å²) in [7, 11) is 0. The Morgan fingerprint density at radius 3 is 2.62 bits per heavy atom. The smallest absolute Gasteiger partial charge is 0.341 e. The molecule has 4 amide bonds. The van der Waals surface area contributed by atoms with Crippen molar-refractivity contribution >= 4 is 35.5 Å². The van der Waals surface area contributed by atoms with Crippen molar-refractivity contribution in [2.45, 2.75) is 19.4 Å². The number of anilines is 1. The summed E-state index contributed by atoms with van der Waals surface area (Å²) in [5, 5.41) is 7.46. The molecule has 0 aliphatic rings. The molecule has 11 nitrogen and oxygen atoms in total. The summed E-state index contributed by atoms with van der Waals surface area (Å²) in [4.78, 5) is 49.6. The van der Waals surface area contributed by atoms with Crippen LogP contribution in [0.15, 0.2) is 29.3 Å². The minimum atomic E-state index is -0.969. The van der Waals surface area contributed by atoms with Crippen molar-refractivity contribution in [2.75, 3.05) is 18.5 Å². The Morgan fingerprint density at radius 1 is 1.28 bits per heavy atom. The van der Waals surface area contributed by atoms with Gasteiger partial charge >= 0.3 is 12.0 Å². The lowest BCUT2D eigenvalue weighted by Crippen LogP contribution is -2.42. The van der Waals surface area contributed by atoms with Crippen LogP contribution in [-0.4, -0.2) is 49.0 Å². The number of urea groups is 1. The number of carbonyl (C=O) groups is 4. The van der Waals surface area contributed by atoms with Crippen LogP contribution < -0.4 is 27.4 Å². The summed E-state index contributed by atoms with van der Waals surface area (Å²) < 4.78 is 4.77. The molecule has 11 heteroatoms. The van der Waals surface area contributed by atoms with Crippen molar-refractivity contribution in [1.82, 2.24) is 10.6 Å². The molecule has 29 heavy (non-hydrogen) atoms. The molecule has 0 aromatic heterocycles. The number of nitrogens with two attached hydrogens (primary N) is 2. The summed E-state index contributed by atoms with van der Waals surface area (Å²) in [5.41, 5.74) is 11.0. The third-order valence-corrected chi connectivity index (χ3v) is 3.25. The molecule has 0 saturated carbocycles. The largest absolute Gasteiger partial charge is 0.466 e. The van der Waals surface area contributed by atoms with Crippen LogP contribution in [0.1, 0.15) is 23.7 Å². The number of ether oxygens (including phenoxy) is 1. The maximum Gasteiger partial charge on any atom is 0.341 e. The van der Waals surface area contributed by atoms with Gasteiger partial charge in [0, 0.05) is 11.3 Å². The van der Waals surface area contributed by atoms with E-state index in [1.807, 2.05) is 0 Å². The van der Waals surface area contributed by atoms with Gasteiger partial charge in [-0.1, -0.05) is 12.0 Å². The third-order valence-electron chi connectivity index (χ3n) is 3.25. The molecule has 0 unspecified atom stereocenters. The Balaban J connectivity index is 2.60. The highest BCUT2D eigenvalue weighted by Crippen LogP contribution is 2.10. The number of aliphatic imine (C=N–C) groups is 1. The van der Waals surface area contributed by atoms with Gasteiger partial charge in [-0.05, 0) is 25.1 Å². The van der Waals surface area contributed by atoms with Gasteiger partial charge in [0.15, 0.2) is 0 Å². The van der Waals surface area contributed by atoms with E-state index in [0.717, 1.165) is 0 Å². The molecule has 154 valence electrons. The van der Waals surface area contributed by atoms with E-state index in [-0.39, 0.29) is 31.1 Å². The molecule has 0 aliphatic heterocycles. The summed E-state index contributed by atoms with van der Waals surface area (Å²) in [6.45, 7) is 1.50. The number of guanidine groups is 1. The van der Waals surface area contributed by atoms with Gasteiger partial charge in [-0.2, -0.15) is 4.99 Å². The van der Waals surface area contributed by atoms with E-state index in [1.165, 1.54) is 12.1 Å². The second-order valence-electron chi connectivity index (χ2n) is 5.52. The first-order valence-corrected chi connectivity index (χ1v) is 8.45. The second-order valence-corrected chi connectivity index (χ2v) is 5.52. The number of amides is 4. The molecule has 0 bridgehead atoms. The molecule has 7 N–H and O–H groups in total. The Kier molecular flexibility index (Phi) is 9.19. The van der Waals surface area contributed by atoms with Gasteiger partial charge in [-0.3, -0.25) is 14.4 Å². The lowest BCUT2D eigenvalue weighted by Gasteiger charge is -2.13. The van der Waals surface area contributed by atoms with E-state index in [2.05, 4.69) is 26.9 Å². The van der Waals surface area contributed by atoms with Crippen molar-refractivity contribution in [2.24, 2.45) is 16.5 Å². The van der Waals surface area contributed by atoms with Gasteiger partial charge in [0.25, 0.3) is 5.91 Å². The van der Waals surface area contributed by atoms with Crippen LogP contribution in [0.3, 0.4) is 0 Å². The lowest BCUT2D eigenvalue weighted by atomic mass is 10.2. The number of primary amides is 1. The van der Waals surface area contributed by atoms with Crippen molar-refractivity contribution in [3.05, 3.63) is 29.8 Å². The lowest BCUT2D eigenvalue weighted by molar-refractivity contribution is -0.143. The van der Waals surface area contributed by atoms with Gasteiger partial charge in [-0.25, -0.2) is 4.79 Å². The highest BCUT2D eigenvalue weighted by atomic mass is 16.5. The molecule has 0 fully saturated rings. The average Bonchev–Trinajstić information content (AvgIpc) is 2.65. The normalized spacial score (nSPS) is 11.5. The van der Waals surface area contributed by atoms with Gasteiger partial charge < -0.3 is 32.2 Å². The SMILES string of the molecule is C#C[C@H](CC(=O)OCC)NC(=O)CNC(=O)c1cccc(NC(N)=NC(N)=O)c1. The third kappa shape index (κ3) is 8.91. The number of benzene rings is 1. The minimum Gasteiger partial charge on any atom is -0.466 e. The molecule has 0 aliphatic carbocycles.